The summed E-state index contributed by atoms with van der Waals surface area (Å²) in [5, 5.41) is 39.2. The van der Waals surface area contributed by atoms with Crippen LogP contribution in [0.2, 0.25) is 0 Å². The lowest BCUT2D eigenvalue weighted by atomic mass is 10.00. The molecular weight excluding hydrogens is 1090 g/mol. The number of aliphatic hydroxyl groups is 1. The van der Waals surface area contributed by atoms with Gasteiger partial charge in [0.05, 0.1) is 6.10 Å². The van der Waals surface area contributed by atoms with Crippen molar-refractivity contribution in [2.24, 2.45) is 40.5 Å². The van der Waals surface area contributed by atoms with Gasteiger partial charge in [0.1, 0.15) is 60.1 Å². The van der Waals surface area contributed by atoms with Gasteiger partial charge in [0, 0.05) is 19.4 Å². The molecule has 0 saturated carbocycles. The van der Waals surface area contributed by atoms with Gasteiger partial charge in [-0.05, 0) is 115 Å². The largest absolute Gasteiger partial charge is 0.391 e. The zero-order chi connectivity index (χ0) is 62.9. The quantitative estimate of drug-likeness (QED) is 0.0280. The van der Waals surface area contributed by atoms with Gasteiger partial charge in [-0.3, -0.25) is 52.7 Å². The van der Waals surface area contributed by atoms with Crippen molar-refractivity contribution < 1.29 is 57.8 Å². The third kappa shape index (κ3) is 26.2. The number of allylic oxidation sites excluding steroid dienone is 1. The number of amides is 11. The number of carbonyl (C=O) groups is 11. The summed E-state index contributed by atoms with van der Waals surface area (Å²) in [5.41, 5.74) is 29.7. The molecule has 1 aliphatic heterocycles. The fourth-order valence-electron chi connectivity index (χ4n) is 8.92. The third-order valence-corrected chi connectivity index (χ3v) is 14.0. The summed E-state index contributed by atoms with van der Waals surface area (Å²) >= 11 is 0. The van der Waals surface area contributed by atoms with Crippen molar-refractivity contribution in [2.45, 2.75) is 185 Å². The Kier molecular flexibility index (Phi) is 34.3. The summed E-state index contributed by atoms with van der Waals surface area (Å²) in [6.45, 7) is 9.49. The fraction of sp³-hybridized carbons (Fsp3) is 0.661. The second-order valence-corrected chi connectivity index (χ2v) is 21.5. The molecule has 1 heterocycles. The molecule has 1 fully saturated rings. The molecule has 2 rings (SSSR count). The molecule has 0 aliphatic carbocycles. The van der Waals surface area contributed by atoms with Crippen molar-refractivity contribution >= 4 is 65.0 Å². The molecule has 84 heavy (non-hydrogen) atoms. The van der Waals surface area contributed by atoms with Crippen molar-refractivity contribution in [1.82, 2.24) is 58.5 Å². The molecule has 0 radical (unpaired) electrons. The summed E-state index contributed by atoms with van der Waals surface area (Å²) in [6, 6.07) is -4.20. The highest BCUT2D eigenvalue weighted by Gasteiger charge is 2.37. The number of carbonyl (C=O) groups excluding carboxylic acids is 11. The minimum Gasteiger partial charge on any atom is -0.391 e. The Morgan fingerprint density at radius 1 is 0.619 bits per heavy atom. The first-order valence-electron chi connectivity index (χ1n) is 29.2. The lowest BCUT2D eigenvalue weighted by Crippen LogP contribution is -2.62. The summed E-state index contributed by atoms with van der Waals surface area (Å²) in [6.07, 6.45) is 2.07. The van der Waals surface area contributed by atoms with Gasteiger partial charge in [-0.1, -0.05) is 83.4 Å². The Labute approximate surface area is 492 Å². The van der Waals surface area contributed by atoms with Gasteiger partial charge in [-0.15, -0.1) is 0 Å². The predicted molar refractivity (Wildman–Crippen MR) is 314 cm³/mol. The van der Waals surface area contributed by atoms with Crippen LogP contribution in [0.4, 0.5) is 0 Å². The van der Waals surface area contributed by atoms with Crippen LogP contribution in [-0.2, 0) is 59.2 Å². The van der Waals surface area contributed by atoms with Crippen LogP contribution in [0.5, 0.6) is 0 Å². The van der Waals surface area contributed by atoms with Crippen molar-refractivity contribution in [1.29, 1.82) is 0 Å². The van der Waals surface area contributed by atoms with Gasteiger partial charge in [-0.25, -0.2) is 0 Å². The molecule has 1 aliphatic rings. The Morgan fingerprint density at radius 2 is 1.13 bits per heavy atom. The number of unbranched alkanes of at least 4 members (excludes halogenated alkanes) is 1. The number of aliphatic hydroxyl groups excluding tert-OH is 1. The smallest absolute Gasteiger partial charge is 0.267 e. The van der Waals surface area contributed by atoms with Crippen molar-refractivity contribution in [3.8, 4) is 0 Å². The van der Waals surface area contributed by atoms with E-state index in [1.54, 1.807) is 44.2 Å². The second-order valence-electron chi connectivity index (χ2n) is 21.5. The lowest BCUT2D eigenvalue weighted by Gasteiger charge is -2.29. The maximum Gasteiger partial charge on any atom is 0.267 e. The van der Waals surface area contributed by atoms with E-state index in [-0.39, 0.29) is 102 Å². The normalized spacial score (nSPS) is 22.2. The van der Waals surface area contributed by atoms with Crippen LogP contribution >= 0.6 is 0 Å². The zero-order valence-electron chi connectivity index (χ0n) is 49.7. The van der Waals surface area contributed by atoms with Gasteiger partial charge >= 0.3 is 0 Å². The molecule has 0 bridgehead atoms. The number of hydrogen-bond donors (Lipinski definition) is 17. The van der Waals surface area contributed by atoms with Crippen LogP contribution in [0.25, 0.3) is 0 Å². The molecule has 1 saturated heterocycles. The zero-order valence-corrected chi connectivity index (χ0v) is 49.7. The van der Waals surface area contributed by atoms with Gasteiger partial charge in [-0.2, -0.15) is 0 Å². The minimum atomic E-state index is -1.68. The van der Waals surface area contributed by atoms with Crippen molar-refractivity contribution in [3.63, 3.8) is 0 Å². The van der Waals surface area contributed by atoms with Crippen LogP contribution in [-0.4, -0.2) is 170 Å². The van der Waals surface area contributed by atoms with Crippen molar-refractivity contribution in [2.75, 3.05) is 39.3 Å². The van der Waals surface area contributed by atoms with E-state index in [2.05, 4.69) is 72.3 Å². The molecule has 28 heteroatoms. The number of benzene rings is 1. The summed E-state index contributed by atoms with van der Waals surface area (Å²) in [5.74, 6) is -9.01. The van der Waals surface area contributed by atoms with Gasteiger partial charge in [0.25, 0.3) is 5.91 Å². The monoisotopic (exact) mass is 1180 g/mol. The maximum atomic E-state index is 14.5. The number of rotatable bonds is 28. The average Bonchev–Trinajstić information content (AvgIpc) is 3.49. The van der Waals surface area contributed by atoms with E-state index in [1.807, 2.05) is 0 Å². The average molecular weight is 1190 g/mol. The van der Waals surface area contributed by atoms with E-state index < -0.39 is 132 Å². The highest BCUT2D eigenvalue weighted by Crippen LogP contribution is 2.14. The van der Waals surface area contributed by atoms with Crippen LogP contribution in [0.1, 0.15) is 124 Å². The number of nitrogens with two attached hydrogens (primary N) is 5. The van der Waals surface area contributed by atoms with E-state index in [9.17, 15) is 57.8 Å². The van der Waals surface area contributed by atoms with E-state index in [0.717, 1.165) is 19.3 Å². The Bertz CT molecular complexity index is 2340. The maximum absolute atomic E-state index is 14.5. The third-order valence-electron chi connectivity index (χ3n) is 14.0. The van der Waals surface area contributed by atoms with Gasteiger partial charge in [0.2, 0.25) is 59.1 Å². The van der Waals surface area contributed by atoms with E-state index in [4.69, 9.17) is 28.7 Å². The molecule has 1 aromatic rings. The minimum absolute atomic E-state index is 0.00700. The molecule has 22 N–H and O–H groups in total. The van der Waals surface area contributed by atoms with Crippen LogP contribution in [0.15, 0.2) is 42.1 Å². The van der Waals surface area contributed by atoms with E-state index >= 15 is 0 Å². The highest BCUT2D eigenvalue weighted by atomic mass is 16.3. The second kappa shape index (κ2) is 39.4. The summed E-state index contributed by atoms with van der Waals surface area (Å²) < 4.78 is 0. The molecule has 28 nitrogen and oxygen atoms in total. The topological polar surface area (TPSA) is 470 Å². The molecule has 0 spiro atoms. The highest BCUT2D eigenvalue weighted by molar-refractivity contribution is 6.01. The van der Waals surface area contributed by atoms with Crippen LogP contribution < -0.4 is 87.2 Å². The first-order chi connectivity index (χ1) is 40.0. The fourth-order valence-corrected chi connectivity index (χ4v) is 8.92. The standard InChI is InChI=1S/C56H96N16O12/c1-7-33(5)14-12-13-17-45(74)63-37(18-24-57)53(81)72-46(34(6)73)56(84)69-41(22-28-61)50(78)68-42-23-29-62-47(75)36(8-2)64-48(76)38(19-25-58)65-49(77)39(20-26-59)67-54(82)43(30-32(3)4)70-55(83)44(31-35-15-10-9-11-16-35)71-51(79)40(21-27-60)66-52(42)80/h8-11,15-16,32-34,37-44,46,73H,7,12-14,17-31,57-61H2,1-6H3,(H,62,75)(H,63,74)(H,64,76)(H,65,77)(H,66,80)(H,67,82)(H,68,78)(H,69,84)(H,70,83)(H,71,79)(H,72,81)/b36-8+/t33-,34+,37-,38-,39-,40-,41-,42-,43-,44+,46-/m0/s1. The molecule has 11 amide bonds. The van der Waals surface area contributed by atoms with Crippen molar-refractivity contribution in [3.05, 3.63) is 47.7 Å². The molecule has 11 atom stereocenters. The molecular formula is C56H96N16O12. The SMILES string of the molecule is C/C=C1/NC(=O)[C@H](CCN)NC(=O)[C@H](CCN)NC(=O)[C@H](CC(C)C)NC(=O)[C@@H](Cc2ccccc2)NC(=O)[C@H](CCN)NC(=O)[C@@H](NC(=O)[C@H](CCN)NC(=O)[C@@H](NC(=O)[C@H](CCN)NC(=O)CCCC[C@@H](C)CC)[C@@H](C)O)CCNC1=O. The molecule has 0 aromatic heterocycles. The number of hydrogen-bond acceptors (Lipinski definition) is 17. The molecule has 1 aromatic carbocycles. The Hall–Kier alpha value is -7.11. The molecule has 472 valence electrons. The molecule has 0 unspecified atom stereocenters. The van der Waals surface area contributed by atoms with Gasteiger partial charge in [0.15, 0.2) is 0 Å². The lowest BCUT2D eigenvalue weighted by molar-refractivity contribution is -0.137. The summed E-state index contributed by atoms with van der Waals surface area (Å²) in [7, 11) is 0. The van der Waals surface area contributed by atoms with E-state index in [1.165, 1.54) is 19.9 Å². The van der Waals surface area contributed by atoms with E-state index in [0.29, 0.717) is 17.9 Å². The number of nitrogens with one attached hydrogen (secondary N) is 11. The Morgan fingerprint density at radius 3 is 1.65 bits per heavy atom. The Balaban J connectivity index is 2.65. The first-order valence-corrected chi connectivity index (χ1v) is 29.2. The van der Waals surface area contributed by atoms with Crippen LogP contribution in [0.3, 0.4) is 0 Å². The van der Waals surface area contributed by atoms with Gasteiger partial charge < -0.3 is 92.3 Å². The predicted octanol–water partition coefficient (Wildman–Crippen LogP) is -4.09. The summed E-state index contributed by atoms with van der Waals surface area (Å²) in [4.78, 5) is 153. The first kappa shape index (κ1) is 73.0. The van der Waals surface area contributed by atoms with Crippen LogP contribution in [0, 0.1) is 11.8 Å².